The molecule has 0 aliphatic carbocycles. The minimum absolute atomic E-state index is 0.00132. The monoisotopic (exact) mass is 355 g/mol. The van der Waals surface area contributed by atoms with E-state index in [2.05, 4.69) is 19.8 Å². The lowest BCUT2D eigenvalue weighted by atomic mass is 10.2. The van der Waals surface area contributed by atoms with Crippen LogP contribution in [0.4, 0.5) is 15.9 Å². The fourth-order valence-electron chi connectivity index (χ4n) is 3.80. The first kappa shape index (κ1) is 16.9. The SMILES string of the molecule is Cc1nccc(N2CCN(C3CCN(c4ccccc4F)C3=O)CC2)n1. The molecule has 136 valence electrons. The van der Waals surface area contributed by atoms with Crippen LogP contribution >= 0.6 is 0 Å². The maximum Gasteiger partial charge on any atom is 0.244 e. The largest absolute Gasteiger partial charge is 0.354 e. The van der Waals surface area contributed by atoms with Crippen molar-refractivity contribution in [2.24, 2.45) is 0 Å². The van der Waals surface area contributed by atoms with Gasteiger partial charge >= 0.3 is 0 Å². The van der Waals surface area contributed by atoms with Crippen LogP contribution in [0.3, 0.4) is 0 Å². The molecule has 1 aromatic heterocycles. The van der Waals surface area contributed by atoms with Gasteiger partial charge in [-0.15, -0.1) is 0 Å². The molecule has 1 aromatic carbocycles. The van der Waals surface area contributed by atoms with Crippen LogP contribution < -0.4 is 9.80 Å². The highest BCUT2D eigenvalue weighted by molar-refractivity contribution is 5.99. The van der Waals surface area contributed by atoms with Gasteiger partial charge in [0.05, 0.1) is 11.7 Å². The number of carbonyl (C=O) groups is 1. The maximum atomic E-state index is 14.0. The van der Waals surface area contributed by atoms with Crippen LogP contribution in [0.2, 0.25) is 0 Å². The van der Waals surface area contributed by atoms with E-state index >= 15 is 0 Å². The zero-order chi connectivity index (χ0) is 18.1. The Bertz CT molecular complexity index is 806. The van der Waals surface area contributed by atoms with Crippen molar-refractivity contribution in [3.63, 3.8) is 0 Å². The van der Waals surface area contributed by atoms with Crippen molar-refractivity contribution in [3.05, 3.63) is 48.2 Å². The Labute approximate surface area is 152 Å². The van der Waals surface area contributed by atoms with Gasteiger partial charge in [0.15, 0.2) is 0 Å². The van der Waals surface area contributed by atoms with Gasteiger partial charge in [-0.3, -0.25) is 9.69 Å². The number of hydrogen-bond acceptors (Lipinski definition) is 5. The Balaban J connectivity index is 1.41. The van der Waals surface area contributed by atoms with Crippen molar-refractivity contribution >= 4 is 17.4 Å². The lowest BCUT2D eigenvalue weighted by molar-refractivity contribution is -0.121. The summed E-state index contributed by atoms with van der Waals surface area (Å²) < 4.78 is 14.0. The van der Waals surface area contributed by atoms with Gasteiger partial charge in [-0.2, -0.15) is 0 Å². The van der Waals surface area contributed by atoms with E-state index in [1.807, 2.05) is 13.0 Å². The summed E-state index contributed by atoms with van der Waals surface area (Å²) in [6, 6.07) is 8.24. The second-order valence-corrected chi connectivity index (χ2v) is 6.73. The number of aromatic nitrogens is 2. The third kappa shape index (κ3) is 3.14. The summed E-state index contributed by atoms with van der Waals surface area (Å²) in [5.74, 6) is 1.35. The Hall–Kier alpha value is -2.54. The molecule has 2 fully saturated rings. The van der Waals surface area contributed by atoms with Gasteiger partial charge in [0.2, 0.25) is 5.91 Å². The van der Waals surface area contributed by atoms with Crippen LogP contribution in [0, 0.1) is 12.7 Å². The van der Waals surface area contributed by atoms with Gasteiger partial charge in [-0.05, 0) is 31.5 Å². The van der Waals surface area contributed by atoms with E-state index in [1.165, 1.54) is 6.07 Å². The van der Waals surface area contributed by atoms with E-state index in [1.54, 1.807) is 29.3 Å². The normalized spacial score (nSPS) is 21.5. The first-order valence-corrected chi connectivity index (χ1v) is 8.98. The average Bonchev–Trinajstić information content (AvgIpc) is 3.03. The van der Waals surface area contributed by atoms with E-state index in [9.17, 15) is 9.18 Å². The number of halogens is 1. The first-order chi connectivity index (χ1) is 12.6. The first-order valence-electron chi connectivity index (χ1n) is 8.98. The number of carbonyl (C=O) groups excluding carboxylic acids is 1. The van der Waals surface area contributed by atoms with Gasteiger partial charge in [0, 0.05) is 38.9 Å². The topological polar surface area (TPSA) is 52.6 Å². The van der Waals surface area contributed by atoms with E-state index < -0.39 is 0 Å². The lowest BCUT2D eigenvalue weighted by Gasteiger charge is -2.37. The van der Waals surface area contributed by atoms with Crippen molar-refractivity contribution in [2.45, 2.75) is 19.4 Å². The Morgan fingerprint density at radius 3 is 2.58 bits per heavy atom. The zero-order valence-electron chi connectivity index (χ0n) is 14.8. The summed E-state index contributed by atoms with van der Waals surface area (Å²) in [6.07, 6.45) is 2.51. The van der Waals surface area contributed by atoms with E-state index in [0.29, 0.717) is 12.2 Å². The minimum Gasteiger partial charge on any atom is -0.354 e. The molecule has 0 N–H and O–H groups in total. The van der Waals surface area contributed by atoms with E-state index in [0.717, 1.165) is 44.2 Å². The van der Waals surface area contributed by atoms with Crippen LogP contribution in [0.25, 0.3) is 0 Å². The molecular formula is C19H22FN5O. The molecule has 6 nitrogen and oxygen atoms in total. The highest BCUT2D eigenvalue weighted by Crippen LogP contribution is 2.27. The second-order valence-electron chi connectivity index (χ2n) is 6.73. The molecule has 4 rings (SSSR count). The summed E-state index contributed by atoms with van der Waals surface area (Å²) >= 11 is 0. The number of benzene rings is 1. The number of amides is 1. The van der Waals surface area contributed by atoms with Crippen molar-refractivity contribution in [2.75, 3.05) is 42.5 Å². The number of rotatable bonds is 3. The highest BCUT2D eigenvalue weighted by atomic mass is 19.1. The smallest absolute Gasteiger partial charge is 0.244 e. The molecule has 1 unspecified atom stereocenters. The van der Waals surface area contributed by atoms with Gasteiger partial charge in [-0.1, -0.05) is 12.1 Å². The number of anilines is 2. The van der Waals surface area contributed by atoms with Crippen LogP contribution in [0.15, 0.2) is 36.5 Å². The third-order valence-corrected chi connectivity index (χ3v) is 5.16. The second kappa shape index (κ2) is 6.99. The summed E-state index contributed by atoms with van der Waals surface area (Å²) in [4.78, 5) is 27.5. The number of para-hydroxylation sites is 1. The Kier molecular flexibility index (Phi) is 4.55. The highest BCUT2D eigenvalue weighted by Gasteiger charge is 2.38. The van der Waals surface area contributed by atoms with Crippen LogP contribution in [-0.2, 0) is 4.79 Å². The molecule has 7 heteroatoms. The number of nitrogens with zero attached hydrogens (tertiary/aromatic N) is 5. The van der Waals surface area contributed by atoms with Gasteiger partial charge in [0.25, 0.3) is 0 Å². The molecule has 2 saturated heterocycles. The van der Waals surface area contributed by atoms with E-state index in [-0.39, 0.29) is 17.8 Å². The molecule has 0 spiro atoms. The van der Waals surface area contributed by atoms with Gasteiger partial charge < -0.3 is 9.80 Å². The summed E-state index contributed by atoms with van der Waals surface area (Å²) in [6.45, 7) is 5.68. The fraction of sp³-hybridized carbons (Fsp3) is 0.421. The molecular weight excluding hydrogens is 333 g/mol. The Morgan fingerprint density at radius 1 is 1.08 bits per heavy atom. The van der Waals surface area contributed by atoms with Crippen LogP contribution in [0.5, 0.6) is 0 Å². The predicted molar refractivity (Wildman–Crippen MR) is 97.7 cm³/mol. The molecule has 2 aliphatic heterocycles. The predicted octanol–water partition coefficient (Wildman–Crippen LogP) is 1.85. The maximum absolute atomic E-state index is 14.0. The molecule has 3 heterocycles. The lowest BCUT2D eigenvalue weighted by Crippen LogP contribution is -2.52. The summed E-state index contributed by atoms with van der Waals surface area (Å²) in [5.41, 5.74) is 0.384. The van der Waals surface area contributed by atoms with Crippen molar-refractivity contribution in [1.29, 1.82) is 0 Å². The summed E-state index contributed by atoms with van der Waals surface area (Å²) in [7, 11) is 0. The van der Waals surface area contributed by atoms with Crippen LogP contribution in [0.1, 0.15) is 12.2 Å². The zero-order valence-corrected chi connectivity index (χ0v) is 14.8. The van der Waals surface area contributed by atoms with Crippen molar-refractivity contribution in [1.82, 2.24) is 14.9 Å². The van der Waals surface area contributed by atoms with Gasteiger partial charge in [0.1, 0.15) is 17.5 Å². The third-order valence-electron chi connectivity index (χ3n) is 5.16. The average molecular weight is 355 g/mol. The number of aryl methyl sites for hydroxylation is 1. The quantitative estimate of drug-likeness (QED) is 0.841. The number of hydrogen-bond donors (Lipinski definition) is 0. The molecule has 2 aromatic rings. The molecule has 1 atom stereocenters. The molecule has 2 aliphatic rings. The molecule has 0 bridgehead atoms. The number of piperazine rings is 1. The molecule has 0 radical (unpaired) electrons. The Morgan fingerprint density at radius 2 is 1.85 bits per heavy atom. The van der Waals surface area contributed by atoms with Crippen molar-refractivity contribution < 1.29 is 9.18 Å². The van der Waals surface area contributed by atoms with Gasteiger partial charge in [-0.25, -0.2) is 14.4 Å². The fourth-order valence-corrected chi connectivity index (χ4v) is 3.80. The molecule has 26 heavy (non-hydrogen) atoms. The summed E-state index contributed by atoms with van der Waals surface area (Å²) in [5, 5.41) is 0. The van der Waals surface area contributed by atoms with E-state index in [4.69, 9.17) is 0 Å². The molecule has 1 amide bonds. The van der Waals surface area contributed by atoms with Crippen LogP contribution in [-0.4, -0.2) is 59.5 Å². The minimum atomic E-state index is -0.342. The molecule has 0 saturated carbocycles. The van der Waals surface area contributed by atoms with Crippen molar-refractivity contribution in [3.8, 4) is 0 Å². The standard InChI is InChI=1S/C19H22FN5O/c1-14-21-8-6-18(22-14)24-12-10-23(11-13-24)17-7-9-25(19(17)26)16-5-3-2-4-15(16)20/h2-6,8,17H,7,9-13H2,1H3.